The maximum atomic E-state index is 10.7. The second-order valence-corrected chi connectivity index (χ2v) is 6.38. The summed E-state index contributed by atoms with van der Waals surface area (Å²) in [5, 5.41) is 10.7. The van der Waals surface area contributed by atoms with E-state index in [9.17, 15) is 5.11 Å². The van der Waals surface area contributed by atoms with E-state index in [4.69, 9.17) is 5.73 Å². The Morgan fingerprint density at radius 2 is 1.83 bits per heavy atom. The van der Waals surface area contributed by atoms with Gasteiger partial charge in [-0.3, -0.25) is 4.90 Å². The van der Waals surface area contributed by atoms with Gasteiger partial charge in [0.2, 0.25) is 0 Å². The van der Waals surface area contributed by atoms with Crippen molar-refractivity contribution >= 4 is 0 Å². The summed E-state index contributed by atoms with van der Waals surface area (Å²) in [7, 11) is 0. The summed E-state index contributed by atoms with van der Waals surface area (Å²) < 4.78 is 0. The summed E-state index contributed by atoms with van der Waals surface area (Å²) in [4.78, 5) is 2.47. The van der Waals surface area contributed by atoms with Crippen LogP contribution in [-0.2, 0) is 0 Å². The van der Waals surface area contributed by atoms with E-state index < -0.39 is 5.60 Å². The minimum Gasteiger partial charge on any atom is -0.387 e. The number of hydrogen-bond acceptors (Lipinski definition) is 3. The first-order valence-electron chi connectivity index (χ1n) is 7.63. The third-order valence-electron chi connectivity index (χ3n) is 4.23. The van der Waals surface area contributed by atoms with Gasteiger partial charge in [0.15, 0.2) is 0 Å². The summed E-state index contributed by atoms with van der Waals surface area (Å²) in [5.41, 5.74) is 5.18. The van der Waals surface area contributed by atoms with E-state index in [1.807, 2.05) is 0 Å². The van der Waals surface area contributed by atoms with Gasteiger partial charge in [-0.05, 0) is 37.5 Å². The van der Waals surface area contributed by atoms with Crippen molar-refractivity contribution < 1.29 is 5.11 Å². The topological polar surface area (TPSA) is 49.5 Å². The van der Waals surface area contributed by atoms with Crippen LogP contribution in [0.2, 0.25) is 0 Å². The van der Waals surface area contributed by atoms with Crippen LogP contribution in [0.5, 0.6) is 0 Å². The van der Waals surface area contributed by atoms with Crippen molar-refractivity contribution in [2.24, 2.45) is 17.6 Å². The fourth-order valence-electron chi connectivity index (χ4n) is 2.95. The second kappa shape index (κ2) is 6.88. The molecule has 0 radical (unpaired) electrons. The monoisotopic (exact) mass is 256 g/mol. The molecule has 1 unspecified atom stereocenters. The van der Waals surface area contributed by atoms with Crippen LogP contribution in [0.25, 0.3) is 0 Å². The van der Waals surface area contributed by atoms with Gasteiger partial charge in [-0.1, -0.05) is 27.7 Å². The Hall–Kier alpha value is -0.120. The number of aliphatic hydroxyl groups is 1. The molecule has 1 rings (SSSR count). The molecular formula is C15H32N2O. The third-order valence-corrected chi connectivity index (χ3v) is 4.23. The maximum absolute atomic E-state index is 10.7. The first kappa shape index (κ1) is 15.9. The van der Waals surface area contributed by atoms with Crippen LogP contribution in [0.3, 0.4) is 0 Å². The fraction of sp³-hybridized carbons (Fsp3) is 1.00. The predicted molar refractivity (Wildman–Crippen MR) is 77.5 cm³/mol. The third kappa shape index (κ3) is 4.22. The zero-order valence-corrected chi connectivity index (χ0v) is 12.7. The van der Waals surface area contributed by atoms with Crippen molar-refractivity contribution in [1.82, 2.24) is 4.90 Å². The summed E-state index contributed by atoms with van der Waals surface area (Å²) in [6.45, 7) is 11.2. The van der Waals surface area contributed by atoms with Crippen molar-refractivity contribution in [2.45, 2.75) is 65.0 Å². The summed E-state index contributed by atoms with van der Waals surface area (Å²) >= 11 is 0. The van der Waals surface area contributed by atoms with Crippen molar-refractivity contribution in [3.8, 4) is 0 Å². The Morgan fingerprint density at radius 1 is 1.28 bits per heavy atom. The van der Waals surface area contributed by atoms with Gasteiger partial charge in [-0.2, -0.15) is 0 Å². The maximum Gasteiger partial charge on any atom is 0.0923 e. The molecule has 0 aromatic heterocycles. The van der Waals surface area contributed by atoms with Gasteiger partial charge in [-0.15, -0.1) is 0 Å². The molecule has 1 aliphatic rings. The molecule has 0 amide bonds. The Labute approximate surface area is 113 Å². The van der Waals surface area contributed by atoms with E-state index in [0.717, 1.165) is 38.8 Å². The average Bonchev–Trinajstić information content (AvgIpc) is 3.13. The fourth-order valence-corrected chi connectivity index (χ4v) is 2.95. The smallest absolute Gasteiger partial charge is 0.0923 e. The molecule has 108 valence electrons. The summed E-state index contributed by atoms with van der Waals surface area (Å²) in [6.07, 6.45) is 4.58. The molecule has 18 heavy (non-hydrogen) atoms. The average molecular weight is 256 g/mol. The van der Waals surface area contributed by atoms with Crippen molar-refractivity contribution in [3.05, 3.63) is 0 Å². The lowest BCUT2D eigenvalue weighted by atomic mass is 9.95. The van der Waals surface area contributed by atoms with Gasteiger partial charge < -0.3 is 10.8 Å². The van der Waals surface area contributed by atoms with E-state index in [2.05, 4.69) is 32.6 Å². The molecule has 3 nitrogen and oxygen atoms in total. The Bertz CT molecular complexity index is 237. The van der Waals surface area contributed by atoms with Gasteiger partial charge in [-0.25, -0.2) is 0 Å². The van der Waals surface area contributed by atoms with Crippen LogP contribution in [0, 0.1) is 11.8 Å². The zero-order valence-electron chi connectivity index (χ0n) is 12.7. The van der Waals surface area contributed by atoms with E-state index in [0.29, 0.717) is 24.4 Å². The lowest BCUT2D eigenvalue weighted by molar-refractivity contribution is -0.0238. The molecule has 0 bridgehead atoms. The molecule has 1 fully saturated rings. The Balaban J connectivity index is 2.69. The highest BCUT2D eigenvalue weighted by atomic mass is 16.3. The molecule has 1 atom stereocenters. The highest BCUT2D eigenvalue weighted by Crippen LogP contribution is 2.40. The van der Waals surface area contributed by atoms with Gasteiger partial charge in [0.05, 0.1) is 5.60 Å². The lowest BCUT2D eigenvalue weighted by Crippen LogP contribution is -2.53. The molecule has 1 saturated carbocycles. The van der Waals surface area contributed by atoms with Crippen LogP contribution in [0.15, 0.2) is 0 Å². The zero-order chi connectivity index (χ0) is 13.8. The quantitative estimate of drug-likeness (QED) is 0.665. The van der Waals surface area contributed by atoms with Gasteiger partial charge in [0.1, 0.15) is 0 Å². The lowest BCUT2D eigenvalue weighted by Gasteiger charge is -2.39. The minimum absolute atomic E-state index is 0.395. The molecule has 0 spiro atoms. The number of hydrogen-bond donors (Lipinski definition) is 2. The molecule has 0 aliphatic heterocycles. The Kier molecular flexibility index (Phi) is 6.09. The number of nitrogens with two attached hydrogens (primary N) is 1. The van der Waals surface area contributed by atoms with Gasteiger partial charge in [0, 0.05) is 25.7 Å². The molecule has 0 aromatic rings. The molecular weight excluding hydrogens is 224 g/mol. The van der Waals surface area contributed by atoms with E-state index in [-0.39, 0.29) is 0 Å². The van der Waals surface area contributed by atoms with Crippen molar-refractivity contribution in [3.63, 3.8) is 0 Å². The molecule has 3 N–H and O–H groups in total. The Morgan fingerprint density at radius 3 is 2.17 bits per heavy atom. The van der Waals surface area contributed by atoms with E-state index in [1.165, 1.54) is 0 Å². The highest BCUT2D eigenvalue weighted by molar-refractivity contribution is 4.98. The number of rotatable bonds is 9. The van der Waals surface area contributed by atoms with Crippen molar-refractivity contribution in [2.75, 3.05) is 19.6 Å². The molecule has 0 aromatic carbocycles. The molecule has 1 aliphatic carbocycles. The van der Waals surface area contributed by atoms with Crippen molar-refractivity contribution in [1.29, 1.82) is 0 Å². The van der Waals surface area contributed by atoms with Crippen LogP contribution in [0.1, 0.15) is 53.4 Å². The van der Waals surface area contributed by atoms with E-state index >= 15 is 0 Å². The minimum atomic E-state index is -0.655. The van der Waals surface area contributed by atoms with Crippen LogP contribution >= 0.6 is 0 Å². The SMILES string of the molecule is CCC(CC)N(CC(C)C)CC(O)(CN)C1CC1. The molecule has 0 saturated heterocycles. The second-order valence-electron chi connectivity index (χ2n) is 6.38. The summed E-state index contributed by atoms with van der Waals surface area (Å²) in [5.74, 6) is 1.07. The molecule has 3 heteroatoms. The number of nitrogens with zero attached hydrogens (tertiary/aromatic N) is 1. The van der Waals surface area contributed by atoms with Crippen LogP contribution in [0.4, 0.5) is 0 Å². The largest absolute Gasteiger partial charge is 0.387 e. The predicted octanol–water partition coefficient (Wildman–Crippen LogP) is 2.23. The first-order valence-corrected chi connectivity index (χ1v) is 7.63. The van der Waals surface area contributed by atoms with Crippen LogP contribution in [-0.4, -0.2) is 41.3 Å². The van der Waals surface area contributed by atoms with Crippen LogP contribution < -0.4 is 5.73 Å². The first-order chi connectivity index (χ1) is 8.46. The standard InChI is InChI=1S/C15H32N2O/c1-5-14(6-2)17(9-12(3)4)11-15(18,10-16)13-7-8-13/h12-14,18H,5-11,16H2,1-4H3. The molecule has 0 heterocycles. The van der Waals surface area contributed by atoms with Gasteiger partial charge in [0.25, 0.3) is 0 Å². The normalized spacial score (nSPS) is 19.8. The summed E-state index contributed by atoms with van der Waals surface area (Å²) in [6, 6.07) is 0.573. The van der Waals surface area contributed by atoms with Gasteiger partial charge >= 0.3 is 0 Å². The van der Waals surface area contributed by atoms with E-state index in [1.54, 1.807) is 0 Å². The highest BCUT2D eigenvalue weighted by Gasteiger charge is 2.44.